The van der Waals surface area contributed by atoms with Gasteiger partial charge in [0.2, 0.25) is 0 Å². The van der Waals surface area contributed by atoms with E-state index >= 15 is 0 Å². The lowest BCUT2D eigenvalue weighted by Gasteiger charge is -2.45. The van der Waals surface area contributed by atoms with E-state index in [2.05, 4.69) is 6.92 Å². The molecule has 4 atom stereocenters. The van der Waals surface area contributed by atoms with E-state index in [-0.39, 0.29) is 24.1 Å². The van der Waals surface area contributed by atoms with Crippen LogP contribution >= 0.6 is 0 Å². The van der Waals surface area contributed by atoms with Gasteiger partial charge in [0, 0.05) is 18.4 Å². The summed E-state index contributed by atoms with van der Waals surface area (Å²) in [5.74, 6) is 0.949. The predicted octanol–water partition coefficient (Wildman–Crippen LogP) is 1.58. The van der Waals surface area contributed by atoms with Crippen LogP contribution in [0.2, 0.25) is 0 Å². The summed E-state index contributed by atoms with van der Waals surface area (Å²) in [6, 6.07) is 0.314. The summed E-state index contributed by atoms with van der Waals surface area (Å²) in [5.41, 5.74) is 0. The van der Waals surface area contributed by atoms with Gasteiger partial charge in [-0.25, -0.2) is 4.79 Å². The van der Waals surface area contributed by atoms with E-state index in [1.807, 2.05) is 4.90 Å². The normalized spacial score (nSPS) is 42.7. The van der Waals surface area contributed by atoms with Crippen molar-refractivity contribution in [1.82, 2.24) is 4.90 Å². The first-order valence-corrected chi connectivity index (χ1v) is 6.16. The van der Waals surface area contributed by atoms with Crippen LogP contribution in [-0.4, -0.2) is 35.5 Å². The first kappa shape index (κ1) is 10.1. The highest BCUT2D eigenvalue weighted by Gasteiger charge is 2.49. The first-order valence-electron chi connectivity index (χ1n) is 6.16. The average molecular weight is 223 g/mol. The van der Waals surface area contributed by atoms with Gasteiger partial charge in [-0.05, 0) is 32.1 Å². The van der Waals surface area contributed by atoms with Gasteiger partial charge in [-0.15, -0.1) is 0 Å². The topological polar surface area (TPSA) is 46.6 Å². The molecule has 3 unspecified atom stereocenters. The number of ketones is 1. The number of fused-ring (bicyclic) bond motifs is 2. The largest absolute Gasteiger partial charge is 0.447 e. The fourth-order valence-corrected chi connectivity index (χ4v) is 3.67. The minimum atomic E-state index is -0.186. The maximum absolute atomic E-state index is 11.9. The molecule has 0 spiro atoms. The van der Waals surface area contributed by atoms with Crippen molar-refractivity contribution in [3.05, 3.63) is 0 Å². The van der Waals surface area contributed by atoms with Crippen molar-refractivity contribution in [2.45, 2.75) is 44.7 Å². The molecule has 3 aliphatic rings. The molecule has 4 nitrogen and oxygen atoms in total. The average Bonchev–Trinajstić information content (AvgIpc) is 2.63. The molecule has 1 amide bonds. The molecule has 16 heavy (non-hydrogen) atoms. The zero-order valence-electron chi connectivity index (χ0n) is 9.52. The number of Topliss-reactive ketones (excluding diaryl/α,β-unsaturated/α-hetero) is 1. The maximum atomic E-state index is 11.9. The van der Waals surface area contributed by atoms with Crippen LogP contribution in [0.15, 0.2) is 0 Å². The quantitative estimate of drug-likeness (QED) is 0.626. The Labute approximate surface area is 94.9 Å². The third-order valence-electron chi connectivity index (χ3n) is 4.48. The molecule has 0 radical (unpaired) electrons. The molecule has 1 aliphatic carbocycles. The number of carbonyl (C=O) groups is 2. The lowest BCUT2D eigenvalue weighted by Crippen LogP contribution is -2.54. The van der Waals surface area contributed by atoms with Crippen molar-refractivity contribution in [1.29, 1.82) is 0 Å². The Balaban J connectivity index is 1.88. The molecule has 2 heterocycles. The van der Waals surface area contributed by atoms with Crippen molar-refractivity contribution in [2.75, 3.05) is 6.61 Å². The number of nitrogens with zero attached hydrogens (tertiary/aromatic N) is 1. The zero-order chi connectivity index (χ0) is 11.3. The number of carbonyl (C=O) groups excluding carboxylic acids is 2. The van der Waals surface area contributed by atoms with E-state index in [1.165, 1.54) is 0 Å². The van der Waals surface area contributed by atoms with Crippen molar-refractivity contribution < 1.29 is 14.3 Å². The summed E-state index contributed by atoms with van der Waals surface area (Å²) in [7, 11) is 0. The fraction of sp³-hybridized carbons (Fsp3) is 0.833. The van der Waals surface area contributed by atoms with E-state index < -0.39 is 0 Å². The number of hydrogen-bond donors (Lipinski definition) is 0. The van der Waals surface area contributed by atoms with Crippen LogP contribution in [0.3, 0.4) is 0 Å². The van der Waals surface area contributed by atoms with E-state index in [0.717, 1.165) is 25.7 Å². The molecule has 2 saturated heterocycles. The van der Waals surface area contributed by atoms with Crippen LogP contribution in [0.5, 0.6) is 0 Å². The Kier molecular flexibility index (Phi) is 2.19. The van der Waals surface area contributed by atoms with Crippen LogP contribution in [0, 0.1) is 11.8 Å². The second kappa shape index (κ2) is 3.47. The first-order chi connectivity index (χ1) is 7.68. The van der Waals surface area contributed by atoms with Gasteiger partial charge < -0.3 is 4.74 Å². The SMILES string of the molecule is CC1C2CCCC(=O)C2C[C@H]2COC(=O)N12. The van der Waals surface area contributed by atoms with Crippen LogP contribution in [0.1, 0.15) is 32.6 Å². The Morgan fingerprint density at radius 1 is 1.38 bits per heavy atom. The van der Waals surface area contributed by atoms with Crippen molar-refractivity contribution in [3.63, 3.8) is 0 Å². The van der Waals surface area contributed by atoms with Gasteiger partial charge in [-0.1, -0.05) is 0 Å². The minimum absolute atomic E-state index is 0.144. The number of amides is 1. The Morgan fingerprint density at radius 3 is 3.00 bits per heavy atom. The predicted molar refractivity (Wildman–Crippen MR) is 56.9 cm³/mol. The standard InChI is InChI=1S/C12H17NO3/c1-7-9-3-2-4-11(14)10(9)5-8-6-16-12(15)13(7)8/h7-10H,2-6H2,1H3/t7?,8-,9?,10?/m0/s1. The highest BCUT2D eigenvalue weighted by atomic mass is 16.6. The number of cyclic esters (lactones) is 1. The molecule has 88 valence electrons. The molecule has 1 saturated carbocycles. The number of ether oxygens (including phenoxy) is 1. The van der Waals surface area contributed by atoms with Gasteiger partial charge >= 0.3 is 6.09 Å². The maximum Gasteiger partial charge on any atom is 0.410 e. The lowest BCUT2D eigenvalue weighted by molar-refractivity contribution is -0.131. The number of hydrogen-bond acceptors (Lipinski definition) is 3. The number of rotatable bonds is 0. The third-order valence-corrected chi connectivity index (χ3v) is 4.48. The van der Waals surface area contributed by atoms with E-state index in [0.29, 0.717) is 18.3 Å². The van der Waals surface area contributed by atoms with Crippen LogP contribution in [0.4, 0.5) is 4.79 Å². The Hall–Kier alpha value is -1.06. The molecule has 0 aromatic heterocycles. The Morgan fingerprint density at radius 2 is 2.19 bits per heavy atom. The zero-order valence-corrected chi connectivity index (χ0v) is 9.52. The van der Waals surface area contributed by atoms with Gasteiger partial charge in [0.1, 0.15) is 12.4 Å². The van der Waals surface area contributed by atoms with Gasteiger partial charge in [-0.3, -0.25) is 9.69 Å². The summed E-state index contributed by atoms with van der Waals surface area (Å²) in [5, 5.41) is 0. The van der Waals surface area contributed by atoms with Gasteiger partial charge in [-0.2, -0.15) is 0 Å². The molecule has 3 fully saturated rings. The van der Waals surface area contributed by atoms with Crippen molar-refractivity contribution in [2.24, 2.45) is 11.8 Å². The molecule has 0 N–H and O–H groups in total. The van der Waals surface area contributed by atoms with Crippen molar-refractivity contribution >= 4 is 11.9 Å². The highest BCUT2D eigenvalue weighted by molar-refractivity contribution is 5.83. The molecule has 0 bridgehead atoms. The molecule has 0 aromatic carbocycles. The smallest absolute Gasteiger partial charge is 0.410 e. The molecular weight excluding hydrogens is 206 g/mol. The summed E-state index contributed by atoms with van der Waals surface area (Å²) >= 11 is 0. The van der Waals surface area contributed by atoms with E-state index in [1.54, 1.807) is 0 Å². The van der Waals surface area contributed by atoms with Gasteiger partial charge in [0.05, 0.1) is 6.04 Å². The third kappa shape index (κ3) is 1.28. The molecule has 4 heteroatoms. The summed E-state index contributed by atoms with van der Waals surface area (Å²) in [6.07, 6.45) is 3.43. The number of piperidine rings is 1. The van der Waals surface area contributed by atoms with Crippen LogP contribution < -0.4 is 0 Å². The minimum Gasteiger partial charge on any atom is -0.447 e. The molecule has 0 aromatic rings. The summed E-state index contributed by atoms with van der Waals surface area (Å²) in [6.45, 7) is 2.54. The molecule has 2 aliphatic heterocycles. The van der Waals surface area contributed by atoms with Gasteiger partial charge in [0.15, 0.2) is 0 Å². The monoisotopic (exact) mass is 223 g/mol. The van der Waals surface area contributed by atoms with Gasteiger partial charge in [0.25, 0.3) is 0 Å². The molecule has 3 rings (SSSR count). The van der Waals surface area contributed by atoms with Crippen LogP contribution in [0.25, 0.3) is 0 Å². The molecular formula is C12H17NO3. The highest BCUT2D eigenvalue weighted by Crippen LogP contribution is 2.42. The second-order valence-electron chi connectivity index (χ2n) is 5.24. The van der Waals surface area contributed by atoms with Crippen molar-refractivity contribution in [3.8, 4) is 0 Å². The second-order valence-corrected chi connectivity index (χ2v) is 5.24. The van der Waals surface area contributed by atoms with E-state index in [9.17, 15) is 9.59 Å². The summed E-state index contributed by atoms with van der Waals surface area (Å²) in [4.78, 5) is 25.4. The summed E-state index contributed by atoms with van der Waals surface area (Å²) < 4.78 is 5.09. The Bertz CT molecular complexity index is 341. The fourth-order valence-electron chi connectivity index (χ4n) is 3.67. The van der Waals surface area contributed by atoms with E-state index in [4.69, 9.17) is 4.74 Å². The lowest BCUT2D eigenvalue weighted by atomic mass is 9.69. The van der Waals surface area contributed by atoms with Crippen LogP contribution in [-0.2, 0) is 9.53 Å².